The van der Waals surface area contributed by atoms with Gasteiger partial charge in [-0.3, -0.25) is 9.10 Å². The van der Waals surface area contributed by atoms with E-state index in [-0.39, 0.29) is 12.5 Å². The van der Waals surface area contributed by atoms with E-state index in [2.05, 4.69) is 5.32 Å². The van der Waals surface area contributed by atoms with Crippen LogP contribution in [0.4, 0.5) is 11.4 Å². The van der Waals surface area contributed by atoms with Crippen molar-refractivity contribution in [2.45, 2.75) is 20.8 Å². The molecule has 6 heteroatoms. The van der Waals surface area contributed by atoms with Gasteiger partial charge >= 0.3 is 0 Å². The molecule has 0 aromatic heterocycles. The van der Waals surface area contributed by atoms with Gasteiger partial charge in [-0.05, 0) is 55.7 Å². The zero-order valence-electron chi connectivity index (χ0n) is 14.3. The fraction of sp³-hybridized carbons (Fsp3) is 0.278. The molecule has 2 rings (SSSR count). The maximum absolute atomic E-state index is 12.3. The minimum absolute atomic E-state index is 0.267. The van der Waals surface area contributed by atoms with E-state index in [9.17, 15) is 13.2 Å². The highest BCUT2D eigenvalue weighted by atomic mass is 32.2. The molecular formula is C18H22N2O3S. The van der Waals surface area contributed by atoms with E-state index in [1.165, 1.54) is 0 Å². The van der Waals surface area contributed by atoms with Crippen molar-refractivity contribution in [3.63, 3.8) is 0 Å². The van der Waals surface area contributed by atoms with E-state index in [0.717, 1.165) is 27.3 Å². The topological polar surface area (TPSA) is 66.5 Å². The molecule has 2 aromatic rings. The lowest BCUT2D eigenvalue weighted by molar-refractivity contribution is -0.114. The quantitative estimate of drug-likeness (QED) is 0.905. The Labute approximate surface area is 143 Å². The maximum atomic E-state index is 12.3. The van der Waals surface area contributed by atoms with Gasteiger partial charge in [0, 0.05) is 5.69 Å². The molecule has 1 amide bonds. The number of benzene rings is 2. The number of nitrogens with one attached hydrogen (secondary N) is 1. The van der Waals surface area contributed by atoms with Gasteiger partial charge in [-0.15, -0.1) is 0 Å². The average molecular weight is 346 g/mol. The molecule has 0 aliphatic heterocycles. The van der Waals surface area contributed by atoms with Crippen LogP contribution in [0.1, 0.15) is 16.7 Å². The van der Waals surface area contributed by atoms with Crippen LogP contribution in [0, 0.1) is 20.8 Å². The predicted molar refractivity (Wildman–Crippen MR) is 97.9 cm³/mol. The van der Waals surface area contributed by atoms with Crippen molar-refractivity contribution < 1.29 is 13.2 Å². The third kappa shape index (κ3) is 4.58. The summed E-state index contributed by atoms with van der Waals surface area (Å²) in [6, 6.07) is 12.9. The molecule has 2 aromatic carbocycles. The summed E-state index contributed by atoms with van der Waals surface area (Å²) < 4.78 is 25.5. The highest BCUT2D eigenvalue weighted by Gasteiger charge is 2.22. The molecule has 0 aliphatic carbocycles. The molecule has 128 valence electrons. The van der Waals surface area contributed by atoms with E-state index in [1.54, 1.807) is 12.1 Å². The summed E-state index contributed by atoms with van der Waals surface area (Å²) in [6.07, 6.45) is 1.11. The molecule has 5 nitrogen and oxygen atoms in total. The van der Waals surface area contributed by atoms with E-state index < -0.39 is 10.0 Å². The van der Waals surface area contributed by atoms with Crippen molar-refractivity contribution in [3.05, 3.63) is 59.2 Å². The summed E-state index contributed by atoms with van der Waals surface area (Å²) in [4.78, 5) is 12.3. The lowest BCUT2D eigenvalue weighted by Crippen LogP contribution is -2.37. The SMILES string of the molecule is Cc1cccc(NC(=O)CN(c2cc(C)ccc2C)S(C)(=O)=O)c1. The number of sulfonamides is 1. The van der Waals surface area contributed by atoms with Crippen molar-refractivity contribution in [2.24, 2.45) is 0 Å². The summed E-state index contributed by atoms with van der Waals surface area (Å²) in [6.45, 7) is 5.37. The van der Waals surface area contributed by atoms with Gasteiger partial charge in [0.2, 0.25) is 15.9 Å². The van der Waals surface area contributed by atoms with Crippen molar-refractivity contribution in [2.75, 3.05) is 22.4 Å². The van der Waals surface area contributed by atoms with Crippen molar-refractivity contribution >= 4 is 27.3 Å². The third-order valence-corrected chi connectivity index (χ3v) is 4.75. The number of amides is 1. The zero-order chi connectivity index (χ0) is 17.9. The lowest BCUT2D eigenvalue weighted by Gasteiger charge is -2.24. The Morgan fingerprint density at radius 3 is 2.33 bits per heavy atom. The number of hydrogen-bond acceptors (Lipinski definition) is 3. The molecule has 0 aliphatic rings. The predicted octanol–water partition coefficient (Wildman–Crippen LogP) is 3.02. The standard InChI is InChI=1S/C18H22N2O3S/c1-13-6-5-7-16(10-13)19-18(21)12-20(24(4,22)23)17-11-14(2)8-9-15(17)3/h5-11H,12H2,1-4H3,(H,19,21). The van der Waals surface area contributed by atoms with Crippen molar-refractivity contribution in [1.82, 2.24) is 0 Å². The fourth-order valence-electron chi connectivity index (χ4n) is 2.42. The summed E-state index contributed by atoms with van der Waals surface area (Å²) in [5.41, 5.74) is 3.92. The highest BCUT2D eigenvalue weighted by Crippen LogP contribution is 2.24. The minimum Gasteiger partial charge on any atom is -0.325 e. The Morgan fingerprint density at radius 2 is 1.71 bits per heavy atom. The number of anilines is 2. The van der Waals surface area contributed by atoms with E-state index in [4.69, 9.17) is 0 Å². The highest BCUT2D eigenvalue weighted by molar-refractivity contribution is 7.92. The normalized spacial score (nSPS) is 11.2. The molecule has 0 saturated carbocycles. The molecule has 0 saturated heterocycles. The monoisotopic (exact) mass is 346 g/mol. The summed E-state index contributed by atoms with van der Waals surface area (Å²) >= 11 is 0. The molecule has 0 radical (unpaired) electrons. The van der Waals surface area contributed by atoms with Gasteiger partial charge in [0.1, 0.15) is 6.54 Å². The van der Waals surface area contributed by atoms with Gasteiger partial charge < -0.3 is 5.32 Å². The van der Waals surface area contributed by atoms with Crippen LogP contribution in [0.3, 0.4) is 0 Å². The van der Waals surface area contributed by atoms with Crippen molar-refractivity contribution in [3.8, 4) is 0 Å². The molecule has 0 bridgehead atoms. The Morgan fingerprint density at radius 1 is 1.04 bits per heavy atom. The summed E-state index contributed by atoms with van der Waals surface area (Å²) in [5.74, 6) is -0.382. The largest absolute Gasteiger partial charge is 0.325 e. The van der Waals surface area contributed by atoms with Crippen molar-refractivity contribution in [1.29, 1.82) is 0 Å². The zero-order valence-corrected chi connectivity index (χ0v) is 15.1. The molecule has 0 atom stereocenters. The molecule has 24 heavy (non-hydrogen) atoms. The van der Waals surface area contributed by atoms with E-state index in [1.807, 2.05) is 51.1 Å². The van der Waals surface area contributed by atoms with Gasteiger partial charge in [-0.2, -0.15) is 0 Å². The molecule has 0 unspecified atom stereocenters. The summed E-state index contributed by atoms with van der Waals surface area (Å²) in [7, 11) is -3.58. The second kappa shape index (κ2) is 7.05. The second-order valence-electron chi connectivity index (χ2n) is 5.98. The van der Waals surface area contributed by atoms with Crippen LogP contribution in [0.15, 0.2) is 42.5 Å². The first kappa shape index (κ1) is 18.0. The lowest BCUT2D eigenvalue weighted by atomic mass is 10.1. The van der Waals surface area contributed by atoms with Crippen LogP contribution < -0.4 is 9.62 Å². The first-order valence-corrected chi connectivity index (χ1v) is 9.43. The molecule has 0 fully saturated rings. The van der Waals surface area contributed by atoms with Gasteiger partial charge in [0.05, 0.1) is 11.9 Å². The third-order valence-electron chi connectivity index (χ3n) is 3.62. The van der Waals surface area contributed by atoms with Crippen LogP contribution in [0.25, 0.3) is 0 Å². The number of carbonyl (C=O) groups excluding carboxylic acids is 1. The van der Waals surface area contributed by atoms with Crippen LogP contribution in [-0.4, -0.2) is 27.1 Å². The Kier molecular flexibility index (Phi) is 5.29. The fourth-order valence-corrected chi connectivity index (χ4v) is 3.33. The number of hydrogen-bond donors (Lipinski definition) is 1. The summed E-state index contributed by atoms with van der Waals surface area (Å²) in [5, 5.41) is 2.74. The van der Waals surface area contributed by atoms with Gasteiger partial charge in [0.15, 0.2) is 0 Å². The first-order chi connectivity index (χ1) is 11.2. The number of aryl methyl sites for hydroxylation is 3. The van der Waals surface area contributed by atoms with E-state index in [0.29, 0.717) is 11.4 Å². The molecule has 1 N–H and O–H groups in total. The minimum atomic E-state index is -3.58. The maximum Gasteiger partial charge on any atom is 0.245 e. The number of carbonyl (C=O) groups is 1. The molecule has 0 spiro atoms. The Hall–Kier alpha value is -2.34. The van der Waals surface area contributed by atoms with Gasteiger partial charge in [0.25, 0.3) is 0 Å². The smallest absolute Gasteiger partial charge is 0.245 e. The average Bonchev–Trinajstić information content (AvgIpc) is 2.46. The van der Waals surface area contributed by atoms with Crippen LogP contribution in [-0.2, 0) is 14.8 Å². The molecule has 0 heterocycles. The van der Waals surface area contributed by atoms with Crippen LogP contribution >= 0.6 is 0 Å². The molecular weight excluding hydrogens is 324 g/mol. The second-order valence-corrected chi connectivity index (χ2v) is 7.88. The first-order valence-electron chi connectivity index (χ1n) is 7.58. The van der Waals surface area contributed by atoms with Crippen LogP contribution in [0.2, 0.25) is 0 Å². The number of nitrogens with zero attached hydrogens (tertiary/aromatic N) is 1. The Bertz CT molecular complexity index is 860. The Balaban J connectivity index is 2.27. The van der Waals surface area contributed by atoms with Gasteiger partial charge in [-0.1, -0.05) is 24.3 Å². The van der Waals surface area contributed by atoms with Crippen LogP contribution in [0.5, 0.6) is 0 Å². The van der Waals surface area contributed by atoms with E-state index >= 15 is 0 Å². The number of rotatable bonds is 5. The van der Waals surface area contributed by atoms with Gasteiger partial charge in [-0.25, -0.2) is 8.42 Å².